The summed E-state index contributed by atoms with van der Waals surface area (Å²) in [5.74, 6) is 0.708. The van der Waals surface area contributed by atoms with E-state index in [2.05, 4.69) is 21.6 Å². The fraction of sp³-hybridized carbons (Fsp3) is 0.357. The second kappa shape index (κ2) is 5.31. The lowest BCUT2D eigenvalue weighted by Crippen LogP contribution is -2.30. The van der Waals surface area contributed by atoms with Gasteiger partial charge in [-0.2, -0.15) is 10.4 Å². The molecule has 2 N–H and O–H groups in total. The number of nitriles is 1. The van der Waals surface area contributed by atoms with Gasteiger partial charge in [-0.3, -0.25) is 0 Å². The van der Waals surface area contributed by atoms with Crippen molar-refractivity contribution < 1.29 is 0 Å². The first kappa shape index (κ1) is 12.6. The molecule has 1 atom stereocenters. The molecule has 0 radical (unpaired) electrons. The van der Waals surface area contributed by atoms with Gasteiger partial charge in [0.15, 0.2) is 5.82 Å². The van der Waals surface area contributed by atoms with Crippen LogP contribution in [0.5, 0.6) is 0 Å². The Bertz CT molecular complexity index is 686. The SMILES string of the molecule is N#Cc1ccc(-n2c(C3CCCCN3)n[nH]c2=O)cc1. The summed E-state index contributed by atoms with van der Waals surface area (Å²) in [5.41, 5.74) is 1.05. The highest BCUT2D eigenvalue weighted by atomic mass is 16.1. The average Bonchev–Trinajstić information content (AvgIpc) is 2.90. The van der Waals surface area contributed by atoms with Gasteiger partial charge in [0.05, 0.1) is 23.4 Å². The average molecular weight is 269 g/mol. The Balaban J connectivity index is 2.01. The van der Waals surface area contributed by atoms with Crippen LogP contribution in [-0.2, 0) is 0 Å². The van der Waals surface area contributed by atoms with Gasteiger partial charge < -0.3 is 5.32 Å². The van der Waals surface area contributed by atoms with Crippen LogP contribution < -0.4 is 11.0 Å². The Hall–Kier alpha value is -2.39. The van der Waals surface area contributed by atoms with Gasteiger partial charge in [-0.1, -0.05) is 6.42 Å². The molecule has 0 spiro atoms. The molecular formula is C14H15N5O. The van der Waals surface area contributed by atoms with Crippen molar-refractivity contribution in [3.05, 3.63) is 46.1 Å². The molecule has 6 nitrogen and oxygen atoms in total. The summed E-state index contributed by atoms with van der Waals surface area (Å²) >= 11 is 0. The molecular weight excluding hydrogens is 254 g/mol. The van der Waals surface area contributed by atoms with Crippen molar-refractivity contribution in [2.45, 2.75) is 25.3 Å². The van der Waals surface area contributed by atoms with Crippen LogP contribution in [0.3, 0.4) is 0 Å². The molecule has 1 aromatic carbocycles. The highest BCUT2D eigenvalue weighted by molar-refractivity contribution is 5.40. The second-order valence-corrected chi connectivity index (χ2v) is 4.88. The number of nitrogens with one attached hydrogen (secondary N) is 2. The molecule has 20 heavy (non-hydrogen) atoms. The fourth-order valence-electron chi connectivity index (χ4n) is 2.55. The van der Waals surface area contributed by atoms with Crippen LogP contribution in [0.15, 0.2) is 29.1 Å². The molecule has 0 amide bonds. The molecule has 0 bridgehead atoms. The first-order chi connectivity index (χ1) is 9.79. The maximum absolute atomic E-state index is 12.0. The van der Waals surface area contributed by atoms with E-state index in [1.165, 1.54) is 0 Å². The lowest BCUT2D eigenvalue weighted by molar-refractivity contribution is 0.393. The molecule has 1 aromatic heterocycles. The summed E-state index contributed by atoms with van der Waals surface area (Å²) in [6.07, 6.45) is 3.26. The Morgan fingerprint density at radius 3 is 2.75 bits per heavy atom. The van der Waals surface area contributed by atoms with E-state index in [0.717, 1.165) is 31.5 Å². The van der Waals surface area contributed by atoms with E-state index >= 15 is 0 Å². The Morgan fingerprint density at radius 2 is 2.10 bits per heavy atom. The van der Waals surface area contributed by atoms with Gasteiger partial charge in [0.25, 0.3) is 0 Å². The van der Waals surface area contributed by atoms with Gasteiger partial charge in [0.1, 0.15) is 0 Å². The van der Waals surface area contributed by atoms with Gasteiger partial charge in [-0.25, -0.2) is 14.5 Å². The third-order valence-electron chi connectivity index (χ3n) is 3.57. The number of benzene rings is 1. The molecule has 1 unspecified atom stereocenters. The number of nitrogens with zero attached hydrogens (tertiary/aromatic N) is 3. The largest absolute Gasteiger partial charge is 0.347 e. The van der Waals surface area contributed by atoms with Crippen LogP contribution >= 0.6 is 0 Å². The standard InChI is InChI=1S/C14H15N5O/c15-9-10-4-6-11(7-5-10)19-13(17-18-14(19)20)12-3-1-2-8-16-12/h4-7,12,16H,1-3,8H2,(H,18,20). The van der Waals surface area contributed by atoms with Crippen molar-refractivity contribution in [2.24, 2.45) is 0 Å². The minimum Gasteiger partial charge on any atom is -0.307 e. The molecule has 1 aliphatic heterocycles. The number of H-pyrrole nitrogens is 1. The maximum atomic E-state index is 12.0. The predicted molar refractivity (Wildman–Crippen MR) is 73.5 cm³/mol. The van der Waals surface area contributed by atoms with Crippen LogP contribution in [0.25, 0.3) is 5.69 Å². The van der Waals surface area contributed by atoms with Gasteiger partial charge in [-0.15, -0.1) is 0 Å². The molecule has 102 valence electrons. The maximum Gasteiger partial charge on any atom is 0.347 e. The Labute approximate surface area is 116 Å². The van der Waals surface area contributed by atoms with Gasteiger partial charge in [0, 0.05) is 0 Å². The van der Waals surface area contributed by atoms with E-state index in [1.54, 1.807) is 28.8 Å². The molecule has 6 heteroatoms. The highest BCUT2D eigenvalue weighted by Crippen LogP contribution is 2.22. The lowest BCUT2D eigenvalue weighted by atomic mass is 10.0. The number of piperidine rings is 1. The summed E-state index contributed by atoms with van der Waals surface area (Å²) in [4.78, 5) is 12.0. The van der Waals surface area contributed by atoms with Crippen molar-refractivity contribution >= 4 is 0 Å². The zero-order chi connectivity index (χ0) is 13.9. The van der Waals surface area contributed by atoms with Crippen LogP contribution in [0.1, 0.15) is 36.7 Å². The van der Waals surface area contributed by atoms with Crippen molar-refractivity contribution in [1.82, 2.24) is 20.1 Å². The van der Waals surface area contributed by atoms with Gasteiger partial charge >= 0.3 is 5.69 Å². The summed E-state index contributed by atoms with van der Waals surface area (Å²) in [6.45, 7) is 0.944. The number of rotatable bonds is 2. The molecule has 1 saturated heterocycles. The van der Waals surface area contributed by atoms with Crippen LogP contribution in [-0.4, -0.2) is 21.3 Å². The number of aromatic amines is 1. The van der Waals surface area contributed by atoms with E-state index in [9.17, 15) is 4.79 Å². The molecule has 2 heterocycles. The first-order valence-corrected chi connectivity index (χ1v) is 6.71. The van der Waals surface area contributed by atoms with Gasteiger partial charge in [0.2, 0.25) is 0 Å². The summed E-state index contributed by atoms with van der Waals surface area (Å²) in [7, 11) is 0. The van der Waals surface area contributed by atoms with Crippen LogP contribution in [0.2, 0.25) is 0 Å². The van der Waals surface area contributed by atoms with Crippen molar-refractivity contribution in [3.8, 4) is 11.8 Å². The third-order valence-corrected chi connectivity index (χ3v) is 3.57. The zero-order valence-electron chi connectivity index (χ0n) is 11.0. The lowest BCUT2D eigenvalue weighted by Gasteiger charge is -2.22. The van der Waals surface area contributed by atoms with Crippen molar-refractivity contribution in [3.63, 3.8) is 0 Å². The molecule has 1 fully saturated rings. The van der Waals surface area contributed by atoms with Gasteiger partial charge in [-0.05, 0) is 43.7 Å². The Kier molecular flexibility index (Phi) is 3.35. The summed E-state index contributed by atoms with van der Waals surface area (Å²) in [6, 6.07) is 9.10. The van der Waals surface area contributed by atoms with E-state index in [4.69, 9.17) is 5.26 Å². The molecule has 1 aliphatic rings. The summed E-state index contributed by atoms with van der Waals surface area (Å²) < 4.78 is 1.57. The second-order valence-electron chi connectivity index (χ2n) is 4.88. The molecule has 2 aromatic rings. The van der Waals surface area contributed by atoms with Crippen LogP contribution in [0.4, 0.5) is 0 Å². The number of hydrogen-bond donors (Lipinski definition) is 2. The monoisotopic (exact) mass is 269 g/mol. The minimum atomic E-state index is -0.253. The van der Waals surface area contributed by atoms with E-state index < -0.39 is 0 Å². The quantitative estimate of drug-likeness (QED) is 0.859. The topological polar surface area (TPSA) is 86.5 Å². The van der Waals surface area contributed by atoms with E-state index in [-0.39, 0.29) is 11.7 Å². The van der Waals surface area contributed by atoms with E-state index in [0.29, 0.717) is 11.4 Å². The van der Waals surface area contributed by atoms with Crippen LogP contribution in [0, 0.1) is 11.3 Å². The van der Waals surface area contributed by atoms with Crippen molar-refractivity contribution in [2.75, 3.05) is 6.54 Å². The fourth-order valence-corrected chi connectivity index (χ4v) is 2.55. The number of aromatic nitrogens is 3. The van der Waals surface area contributed by atoms with E-state index in [1.807, 2.05) is 0 Å². The minimum absolute atomic E-state index is 0.0957. The molecule has 3 rings (SSSR count). The summed E-state index contributed by atoms with van der Waals surface area (Å²) in [5, 5.41) is 18.9. The molecule has 0 saturated carbocycles. The Morgan fingerprint density at radius 1 is 1.30 bits per heavy atom. The highest BCUT2D eigenvalue weighted by Gasteiger charge is 2.22. The predicted octanol–water partition coefficient (Wildman–Crippen LogP) is 1.25. The first-order valence-electron chi connectivity index (χ1n) is 6.71. The zero-order valence-corrected chi connectivity index (χ0v) is 11.0. The number of hydrogen-bond acceptors (Lipinski definition) is 4. The van der Waals surface area contributed by atoms with Crippen molar-refractivity contribution in [1.29, 1.82) is 5.26 Å². The normalized spacial score (nSPS) is 18.6. The molecule has 0 aliphatic carbocycles. The third kappa shape index (κ3) is 2.24. The smallest absolute Gasteiger partial charge is 0.307 e.